The third kappa shape index (κ3) is 3.06. The Bertz CT molecular complexity index is 475. The molecule has 18 heavy (non-hydrogen) atoms. The molecule has 0 unspecified atom stereocenters. The Morgan fingerprint density at radius 3 is 2.39 bits per heavy atom. The van der Waals surface area contributed by atoms with Crippen LogP contribution in [-0.2, 0) is 10.9 Å². The quantitative estimate of drug-likeness (QED) is 0.341. The number of ether oxygens (including phenoxy) is 1. The van der Waals surface area contributed by atoms with Gasteiger partial charge in [0, 0.05) is 0 Å². The zero-order valence-electron chi connectivity index (χ0n) is 8.69. The fraction of sp³-hybridized carbons (Fsp3) is 0.333. The van der Waals surface area contributed by atoms with E-state index >= 15 is 0 Å². The Morgan fingerprint density at radius 1 is 1.44 bits per heavy atom. The zero-order chi connectivity index (χ0) is 14.1. The van der Waals surface area contributed by atoms with Gasteiger partial charge in [0.25, 0.3) is 6.43 Å². The first kappa shape index (κ1) is 15.1. The molecule has 0 saturated carbocycles. The number of alkyl halides is 5. The smallest absolute Gasteiger partial charge is 0.434 e. The average Bonchev–Trinajstić information content (AvgIpc) is 2.26. The summed E-state index contributed by atoms with van der Waals surface area (Å²) in [5, 5.41) is 0. The van der Waals surface area contributed by atoms with E-state index in [2.05, 4.69) is 9.72 Å². The van der Waals surface area contributed by atoms with Crippen molar-refractivity contribution in [3.8, 4) is 0 Å². The lowest BCUT2D eigenvalue weighted by atomic mass is 10.1. The average molecular weight is 381 g/mol. The normalized spacial score (nSPS) is 11.8. The highest BCUT2D eigenvalue weighted by Crippen LogP contribution is 2.34. The summed E-state index contributed by atoms with van der Waals surface area (Å²) in [5.41, 5.74) is -3.31. The molecule has 1 heterocycles. The molecule has 1 rings (SSSR count). The van der Waals surface area contributed by atoms with Crippen LogP contribution in [0.15, 0.2) is 6.07 Å². The zero-order valence-corrected chi connectivity index (χ0v) is 10.8. The highest BCUT2D eigenvalue weighted by Gasteiger charge is 2.39. The van der Waals surface area contributed by atoms with Crippen molar-refractivity contribution in [1.29, 1.82) is 0 Å². The van der Waals surface area contributed by atoms with Gasteiger partial charge < -0.3 is 4.74 Å². The number of halogens is 6. The third-order valence-corrected chi connectivity index (χ3v) is 2.78. The molecule has 0 radical (unpaired) electrons. The first-order chi connectivity index (χ1) is 8.18. The van der Waals surface area contributed by atoms with Gasteiger partial charge in [-0.3, -0.25) is 0 Å². The molecule has 100 valence electrons. The Hall–Kier alpha value is -1.00. The second-order valence-corrected chi connectivity index (χ2v) is 4.08. The maximum absolute atomic E-state index is 12.6. The molecule has 0 saturated heterocycles. The maximum Gasteiger partial charge on any atom is 0.434 e. The number of hydrogen-bond donors (Lipinski definition) is 0. The first-order valence-corrected chi connectivity index (χ1v) is 5.40. The first-order valence-electron chi connectivity index (χ1n) is 4.32. The molecule has 0 N–H and O–H groups in total. The molecule has 0 aliphatic carbocycles. The molecule has 0 fully saturated rings. The molecule has 1 aromatic heterocycles. The van der Waals surface area contributed by atoms with Gasteiger partial charge in [-0.15, -0.1) is 0 Å². The topological polar surface area (TPSA) is 39.2 Å². The summed E-state index contributed by atoms with van der Waals surface area (Å²) >= 11 is 1.25. The molecule has 9 heteroatoms. The van der Waals surface area contributed by atoms with Crippen molar-refractivity contribution >= 4 is 28.6 Å². The van der Waals surface area contributed by atoms with E-state index in [1.807, 2.05) is 0 Å². The second-order valence-electron chi connectivity index (χ2n) is 3.05. The number of methoxy groups -OCH3 is 1. The number of carbonyl (C=O) groups excluding carboxylic acids is 1. The SMILES string of the molecule is COC(=O)c1cc(C(F)F)c(I)nc1C(F)(F)F. The van der Waals surface area contributed by atoms with E-state index in [1.54, 1.807) is 0 Å². The highest BCUT2D eigenvalue weighted by molar-refractivity contribution is 14.1. The van der Waals surface area contributed by atoms with Crippen LogP contribution >= 0.6 is 22.6 Å². The highest BCUT2D eigenvalue weighted by atomic mass is 127. The van der Waals surface area contributed by atoms with E-state index in [0.29, 0.717) is 6.07 Å². The summed E-state index contributed by atoms with van der Waals surface area (Å²) in [5.74, 6) is -1.37. The number of pyridine rings is 1. The van der Waals surface area contributed by atoms with Crippen LogP contribution in [0, 0.1) is 3.70 Å². The maximum atomic E-state index is 12.6. The van der Waals surface area contributed by atoms with Gasteiger partial charge in [-0.1, -0.05) is 0 Å². The minimum absolute atomic E-state index is 0.452. The number of aromatic nitrogens is 1. The van der Waals surface area contributed by atoms with E-state index in [0.717, 1.165) is 7.11 Å². The predicted octanol–water partition coefficient (Wildman–Crippen LogP) is 3.43. The summed E-state index contributed by atoms with van der Waals surface area (Å²) in [6.07, 6.45) is -7.96. The molecule has 0 aromatic carbocycles. The van der Waals surface area contributed by atoms with E-state index in [-0.39, 0.29) is 0 Å². The van der Waals surface area contributed by atoms with Crippen molar-refractivity contribution in [1.82, 2.24) is 4.98 Å². The van der Waals surface area contributed by atoms with E-state index < -0.39 is 39.1 Å². The summed E-state index contributed by atoms with van der Waals surface area (Å²) in [6.45, 7) is 0. The van der Waals surface area contributed by atoms with Gasteiger partial charge in [-0.25, -0.2) is 18.6 Å². The van der Waals surface area contributed by atoms with Gasteiger partial charge in [0.1, 0.15) is 3.70 Å². The van der Waals surface area contributed by atoms with E-state index in [1.165, 1.54) is 22.6 Å². The molecule has 0 atom stereocenters. The van der Waals surface area contributed by atoms with Crippen molar-refractivity contribution < 1.29 is 31.5 Å². The van der Waals surface area contributed by atoms with Crippen LogP contribution in [0.1, 0.15) is 28.0 Å². The van der Waals surface area contributed by atoms with Crippen LogP contribution in [0.25, 0.3) is 0 Å². The fourth-order valence-electron chi connectivity index (χ4n) is 1.14. The third-order valence-electron chi connectivity index (χ3n) is 1.91. The lowest BCUT2D eigenvalue weighted by Crippen LogP contribution is -2.18. The Morgan fingerprint density at radius 2 is 2.00 bits per heavy atom. The molecule has 0 bridgehead atoms. The molecule has 0 aliphatic heterocycles. The predicted molar refractivity (Wildman–Crippen MR) is 58.3 cm³/mol. The van der Waals surface area contributed by atoms with Crippen molar-refractivity contribution in [2.75, 3.05) is 7.11 Å². The fourth-order valence-corrected chi connectivity index (χ4v) is 1.77. The summed E-state index contributed by atoms with van der Waals surface area (Å²) in [7, 11) is 0.850. The number of rotatable bonds is 2. The Balaban J connectivity index is 3.52. The van der Waals surface area contributed by atoms with Crippen molar-refractivity contribution in [3.05, 3.63) is 26.6 Å². The number of hydrogen-bond acceptors (Lipinski definition) is 3. The van der Waals surface area contributed by atoms with Crippen molar-refractivity contribution in [3.63, 3.8) is 0 Å². The van der Waals surface area contributed by atoms with E-state index in [4.69, 9.17) is 0 Å². The van der Waals surface area contributed by atoms with E-state index in [9.17, 15) is 26.7 Å². The van der Waals surface area contributed by atoms with Crippen LogP contribution in [0.3, 0.4) is 0 Å². The Kier molecular flexibility index (Phi) is 4.46. The number of esters is 1. The summed E-state index contributed by atoms with van der Waals surface area (Å²) in [6, 6.07) is 0.452. The summed E-state index contributed by atoms with van der Waals surface area (Å²) in [4.78, 5) is 14.2. The van der Waals surface area contributed by atoms with Crippen molar-refractivity contribution in [2.24, 2.45) is 0 Å². The molecule has 0 aliphatic rings. The number of carbonyl (C=O) groups is 1. The van der Waals surface area contributed by atoms with Gasteiger partial charge in [0.05, 0.1) is 18.2 Å². The molecule has 1 aromatic rings. The summed E-state index contributed by atoms with van der Waals surface area (Å²) < 4.78 is 66.4. The van der Waals surface area contributed by atoms with Gasteiger partial charge in [-0.05, 0) is 28.7 Å². The van der Waals surface area contributed by atoms with Crippen LogP contribution in [-0.4, -0.2) is 18.1 Å². The lowest BCUT2D eigenvalue weighted by Gasteiger charge is -2.13. The molecule has 0 spiro atoms. The van der Waals surface area contributed by atoms with Gasteiger partial charge >= 0.3 is 12.1 Å². The minimum atomic E-state index is -4.93. The Labute approximate surface area is 111 Å². The van der Waals surface area contributed by atoms with Gasteiger partial charge in [0.2, 0.25) is 0 Å². The van der Waals surface area contributed by atoms with Gasteiger partial charge in [-0.2, -0.15) is 13.2 Å². The van der Waals surface area contributed by atoms with Crippen LogP contribution in [0.5, 0.6) is 0 Å². The molecular formula is C9H5F5INO2. The second kappa shape index (κ2) is 5.33. The molecule has 0 amide bonds. The van der Waals surface area contributed by atoms with Crippen LogP contribution < -0.4 is 0 Å². The van der Waals surface area contributed by atoms with Crippen molar-refractivity contribution in [2.45, 2.75) is 12.6 Å². The van der Waals surface area contributed by atoms with Gasteiger partial charge in [0.15, 0.2) is 5.69 Å². The van der Waals surface area contributed by atoms with Crippen LogP contribution in [0.4, 0.5) is 22.0 Å². The molecule has 3 nitrogen and oxygen atoms in total. The lowest BCUT2D eigenvalue weighted by molar-refractivity contribution is -0.141. The van der Waals surface area contributed by atoms with Crippen LogP contribution in [0.2, 0.25) is 0 Å². The monoisotopic (exact) mass is 381 g/mol. The number of nitrogens with zero attached hydrogens (tertiary/aromatic N) is 1. The largest absolute Gasteiger partial charge is 0.465 e. The molecular weight excluding hydrogens is 376 g/mol. The standard InChI is InChI=1S/C9H5F5INO2/c1-18-8(17)3-2-4(6(10)11)7(15)16-5(3)9(12,13)14/h2,6H,1H3. The minimum Gasteiger partial charge on any atom is -0.465 e.